The molecule has 0 unspecified atom stereocenters. The summed E-state index contributed by atoms with van der Waals surface area (Å²) in [6.07, 6.45) is 13.8. The van der Waals surface area contributed by atoms with Gasteiger partial charge in [0.1, 0.15) is 0 Å². The first-order chi connectivity index (χ1) is 5.20. The lowest BCUT2D eigenvalue weighted by atomic mass is 10.3. The predicted molar refractivity (Wildman–Crippen MR) is 48.3 cm³/mol. The van der Waals surface area contributed by atoms with Gasteiger partial charge in [0.05, 0.1) is 0 Å². The van der Waals surface area contributed by atoms with Crippen LogP contribution in [0, 0.1) is 24.8 Å². The Morgan fingerprint density at radius 2 is 1.91 bits per heavy atom. The molecule has 0 aromatic rings. The first-order valence-corrected chi connectivity index (χ1v) is 3.24. The predicted octanol–water partition coefficient (Wildman–Crippen LogP) is 1.65. The van der Waals surface area contributed by atoms with Crippen LogP contribution in [0.25, 0.3) is 0 Å². The Hall–Kier alpha value is -1.60. The van der Waals surface area contributed by atoms with Crippen LogP contribution in [0.5, 0.6) is 0 Å². The molecule has 0 saturated carbocycles. The minimum absolute atomic E-state index is 0.878. The Labute approximate surface area is 68.2 Å². The van der Waals surface area contributed by atoms with Crippen LogP contribution in [0.1, 0.15) is 13.8 Å². The van der Waals surface area contributed by atoms with Gasteiger partial charge in [0.25, 0.3) is 0 Å². The fourth-order valence-corrected chi connectivity index (χ4v) is 0.454. The van der Waals surface area contributed by atoms with Crippen LogP contribution >= 0.6 is 0 Å². The second kappa shape index (κ2) is 5.21. The number of hydrogen-bond donors (Lipinski definition) is 1. The summed E-state index contributed by atoms with van der Waals surface area (Å²) in [4.78, 5) is 0. The lowest BCUT2D eigenvalue weighted by molar-refractivity contribution is 1.10. The zero-order valence-corrected chi connectivity index (χ0v) is 6.81. The van der Waals surface area contributed by atoms with Crippen molar-refractivity contribution in [3.05, 3.63) is 23.4 Å². The zero-order valence-electron chi connectivity index (χ0n) is 6.81. The summed E-state index contributed by atoms with van der Waals surface area (Å²) >= 11 is 0. The highest BCUT2D eigenvalue weighted by Crippen LogP contribution is 1.92. The van der Waals surface area contributed by atoms with Crippen LogP contribution < -0.4 is 5.32 Å². The van der Waals surface area contributed by atoms with Gasteiger partial charge >= 0.3 is 0 Å². The smallest absolute Gasteiger partial charge is 0.0199 e. The molecule has 0 radical (unpaired) electrons. The quantitative estimate of drug-likeness (QED) is 0.354. The molecular weight excluding hydrogens is 134 g/mol. The van der Waals surface area contributed by atoms with Crippen molar-refractivity contribution in [2.24, 2.45) is 0 Å². The lowest BCUT2D eigenvalue weighted by Gasteiger charge is -1.93. The third kappa shape index (κ3) is 4.88. The Morgan fingerprint density at radius 1 is 1.27 bits per heavy atom. The zero-order chi connectivity index (χ0) is 8.69. The normalized spacial score (nSPS) is 11.6. The van der Waals surface area contributed by atoms with E-state index in [2.05, 4.69) is 17.3 Å². The molecule has 0 fully saturated rings. The Kier molecular flexibility index (Phi) is 4.45. The molecule has 1 nitrogen and oxygen atoms in total. The van der Waals surface area contributed by atoms with Crippen molar-refractivity contribution in [1.82, 2.24) is 5.32 Å². The number of terminal acetylenes is 2. The Bertz CT molecular complexity index is 256. The molecule has 0 aliphatic heterocycles. The summed E-state index contributed by atoms with van der Waals surface area (Å²) in [7, 11) is 0. The van der Waals surface area contributed by atoms with Gasteiger partial charge in [0, 0.05) is 11.7 Å². The minimum atomic E-state index is 0.878. The molecule has 0 spiro atoms. The number of nitrogens with one attached hydrogen (secondary N) is 1. The van der Waals surface area contributed by atoms with Crippen molar-refractivity contribution in [2.75, 3.05) is 0 Å². The molecule has 0 saturated heterocycles. The standard InChI is InChI=1S/C10H11N/c1-5-9(3)7-8-10(4)11-6-2/h1-2,7-8,11H,3-4H3/b9-7-,10-8+. The number of allylic oxidation sites excluding steroid dienone is 4. The van der Waals surface area contributed by atoms with Gasteiger partial charge in [0.2, 0.25) is 0 Å². The third-order valence-electron chi connectivity index (χ3n) is 1.08. The second-order valence-corrected chi connectivity index (χ2v) is 2.11. The van der Waals surface area contributed by atoms with Crippen molar-refractivity contribution in [3.63, 3.8) is 0 Å². The van der Waals surface area contributed by atoms with E-state index in [1.807, 2.05) is 26.0 Å². The molecule has 0 aromatic heterocycles. The van der Waals surface area contributed by atoms with E-state index in [0.29, 0.717) is 0 Å². The molecule has 0 bridgehead atoms. The average molecular weight is 145 g/mol. The fourth-order valence-electron chi connectivity index (χ4n) is 0.454. The van der Waals surface area contributed by atoms with Crippen LogP contribution in [0.2, 0.25) is 0 Å². The van der Waals surface area contributed by atoms with Crippen LogP contribution in [0.3, 0.4) is 0 Å². The SMILES string of the molecule is C#CN/C(C)=C/C=C(/C)C#C. The summed E-state index contributed by atoms with van der Waals surface area (Å²) in [6.45, 7) is 3.74. The van der Waals surface area contributed by atoms with E-state index < -0.39 is 0 Å². The van der Waals surface area contributed by atoms with Gasteiger partial charge in [-0.3, -0.25) is 0 Å². The maximum atomic E-state index is 5.12. The van der Waals surface area contributed by atoms with Crippen LogP contribution in [-0.2, 0) is 0 Å². The molecule has 0 aromatic carbocycles. The van der Waals surface area contributed by atoms with Gasteiger partial charge in [0.15, 0.2) is 0 Å². The van der Waals surface area contributed by atoms with Crippen LogP contribution in [-0.4, -0.2) is 0 Å². The first kappa shape index (κ1) is 9.40. The van der Waals surface area contributed by atoms with Gasteiger partial charge in [-0.1, -0.05) is 12.3 Å². The molecular formula is C10H11N. The van der Waals surface area contributed by atoms with E-state index in [0.717, 1.165) is 11.3 Å². The molecule has 1 N–H and O–H groups in total. The van der Waals surface area contributed by atoms with Crippen LogP contribution in [0.4, 0.5) is 0 Å². The van der Waals surface area contributed by atoms with E-state index in [-0.39, 0.29) is 0 Å². The molecule has 0 rings (SSSR count). The highest BCUT2D eigenvalue weighted by molar-refractivity contribution is 5.28. The second-order valence-electron chi connectivity index (χ2n) is 2.11. The van der Waals surface area contributed by atoms with Crippen molar-refractivity contribution in [2.45, 2.75) is 13.8 Å². The summed E-state index contributed by atoms with van der Waals surface area (Å²) in [6, 6.07) is 2.31. The average Bonchev–Trinajstić information content (AvgIpc) is 2.01. The fraction of sp³-hybridized carbons (Fsp3) is 0.200. The van der Waals surface area contributed by atoms with Crippen LogP contribution in [0.15, 0.2) is 23.4 Å². The van der Waals surface area contributed by atoms with E-state index in [4.69, 9.17) is 12.8 Å². The Morgan fingerprint density at radius 3 is 2.36 bits per heavy atom. The molecule has 1 heteroatoms. The maximum absolute atomic E-state index is 5.12. The molecule has 0 aliphatic rings. The highest BCUT2D eigenvalue weighted by Gasteiger charge is 1.80. The molecule has 0 atom stereocenters. The maximum Gasteiger partial charge on any atom is 0.0199 e. The summed E-state index contributed by atoms with van der Waals surface area (Å²) < 4.78 is 0. The molecule has 11 heavy (non-hydrogen) atoms. The lowest BCUT2D eigenvalue weighted by Crippen LogP contribution is -1.99. The van der Waals surface area contributed by atoms with E-state index in [1.54, 1.807) is 0 Å². The van der Waals surface area contributed by atoms with Gasteiger partial charge in [-0.15, -0.1) is 6.42 Å². The highest BCUT2D eigenvalue weighted by atomic mass is 14.8. The molecule has 56 valence electrons. The largest absolute Gasteiger partial charge is 0.319 e. The van der Waals surface area contributed by atoms with Crippen molar-refractivity contribution in [3.8, 4) is 24.8 Å². The molecule has 0 aliphatic carbocycles. The number of rotatable bonds is 2. The third-order valence-corrected chi connectivity index (χ3v) is 1.08. The Balaban J connectivity index is 4.16. The summed E-state index contributed by atoms with van der Waals surface area (Å²) in [5.74, 6) is 2.50. The summed E-state index contributed by atoms with van der Waals surface area (Å²) in [5, 5.41) is 2.70. The van der Waals surface area contributed by atoms with Gasteiger partial charge in [-0.25, -0.2) is 0 Å². The topological polar surface area (TPSA) is 12.0 Å². The molecule has 0 amide bonds. The van der Waals surface area contributed by atoms with Crippen molar-refractivity contribution >= 4 is 0 Å². The first-order valence-electron chi connectivity index (χ1n) is 3.24. The van der Waals surface area contributed by atoms with Crippen molar-refractivity contribution < 1.29 is 0 Å². The summed E-state index contributed by atoms with van der Waals surface area (Å²) in [5.41, 5.74) is 1.78. The van der Waals surface area contributed by atoms with Gasteiger partial charge in [-0.2, -0.15) is 0 Å². The minimum Gasteiger partial charge on any atom is -0.319 e. The monoisotopic (exact) mass is 145 g/mol. The van der Waals surface area contributed by atoms with Gasteiger partial charge < -0.3 is 5.32 Å². The molecule has 0 heterocycles. The number of hydrogen-bond acceptors (Lipinski definition) is 1. The van der Waals surface area contributed by atoms with E-state index in [9.17, 15) is 0 Å². The van der Waals surface area contributed by atoms with Gasteiger partial charge in [-0.05, 0) is 31.6 Å². The van der Waals surface area contributed by atoms with E-state index in [1.165, 1.54) is 0 Å². The van der Waals surface area contributed by atoms with E-state index >= 15 is 0 Å². The van der Waals surface area contributed by atoms with Crippen molar-refractivity contribution in [1.29, 1.82) is 0 Å².